The van der Waals surface area contributed by atoms with Crippen LogP contribution >= 0.6 is 0 Å². The molecule has 3 N–H and O–H groups in total. The van der Waals surface area contributed by atoms with Crippen molar-refractivity contribution in [2.24, 2.45) is 0 Å². The summed E-state index contributed by atoms with van der Waals surface area (Å²) in [6, 6.07) is -0.547. The van der Waals surface area contributed by atoms with E-state index in [-0.39, 0.29) is 18.5 Å². The zero-order valence-electron chi connectivity index (χ0n) is 53.6. The molecule has 0 aromatic rings. The number of ether oxygens (including phenoxy) is 1. The summed E-state index contributed by atoms with van der Waals surface area (Å²) in [5, 5.41) is 23.4. The predicted octanol–water partition coefficient (Wildman–Crippen LogP) is 23.3. The summed E-state index contributed by atoms with van der Waals surface area (Å²) in [7, 11) is 0. The Labute approximate surface area is 494 Å². The van der Waals surface area contributed by atoms with Gasteiger partial charge >= 0.3 is 5.97 Å². The molecular weight excluding hydrogens is 971 g/mol. The number of allylic oxidation sites excluding steroid dienone is 4. The van der Waals surface area contributed by atoms with Crippen LogP contribution in [0, 0.1) is 0 Å². The third-order valence-corrected chi connectivity index (χ3v) is 17.0. The molecule has 0 radical (unpaired) electrons. The molecule has 0 bridgehead atoms. The Morgan fingerprint density at radius 2 is 0.595 bits per heavy atom. The lowest BCUT2D eigenvalue weighted by Gasteiger charge is -2.22. The molecule has 468 valence electrons. The normalized spacial score (nSPS) is 12.6. The van der Waals surface area contributed by atoms with Gasteiger partial charge in [0.2, 0.25) is 5.91 Å². The molecule has 0 aromatic heterocycles. The van der Waals surface area contributed by atoms with Gasteiger partial charge in [0.1, 0.15) is 0 Å². The van der Waals surface area contributed by atoms with Crippen LogP contribution in [0.3, 0.4) is 0 Å². The lowest BCUT2D eigenvalue weighted by molar-refractivity contribution is -0.143. The Kier molecular flexibility index (Phi) is 67.4. The Hall–Kier alpha value is -1.66. The minimum Gasteiger partial charge on any atom is -0.466 e. The molecule has 6 nitrogen and oxygen atoms in total. The second-order valence-corrected chi connectivity index (χ2v) is 24.9. The van der Waals surface area contributed by atoms with E-state index in [4.69, 9.17) is 4.74 Å². The van der Waals surface area contributed by atoms with Gasteiger partial charge < -0.3 is 20.3 Å². The molecule has 2 unspecified atom stereocenters. The summed E-state index contributed by atoms with van der Waals surface area (Å²) in [5.41, 5.74) is 0. The number of rotatable bonds is 68. The molecule has 1 amide bonds. The van der Waals surface area contributed by atoms with E-state index in [9.17, 15) is 19.8 Å². The van der Waals surface area contributed by atoms with Gasteiger partial charge in [-0.25, -0.2) is 0 Å². The number of carbonyl (C=O) groups is 2. The van der Waals surface area contributed by atoms with Gasteiger partial charge in [0, 0.05) is 12.8 Å². The van der Waals surface area contributed by atoms with E-state index >= 15 is 0 Å². The quantitative estimate of drug-likeness (QED) is 0.0320. The van der Waals surface area contributed by atoms with Crippen molar-refractivity contribution < 1.29 is 24.5 Å². The van der Waals surface area contributed by atoms with Crippen LogP contribution in [-0.4, -0.2) is 47.4 Å². The number of nitrogens with one attached hydrogen (secondary N) is 1. The number of aliphatic hydroxyl groups excluding tert-OH is 2. The van der Waals surface area contributed by atoms with Gasteiger partial charge in [-0.05, 0) is 77.0 Å². The van der Waals surface area contributed by atoms with Gasteiger partial charge in [-0.1, -0.05) is 340 Å². The van der Waals surface area contributed by atoms with Crippen molar-refractivity contribution in [3.63, 3.8) is 0 Å². The lowest BCUT2D eigenvalue weighted by Crippen LogP contribution is -2.45. The highest BCUT2D eigenvalue weighted by Crippen LogP contribution is 2.19. The van der Waals surface area contributed by atoms with Crippen LogP contribution in [0.1, 0.15) is 406 Å². The molecule has 0 heterocycles. The average molecular weight is 1110 g/mol. The molecule has 0 aliphatic rings. The third-order valence-electron chi connectivity index (χ3n) is 17.0. The van der Waals surface area contributed by atoms with Gasteiger partial charge in [0.25, 0.3) is 0 Å². The molecule has 0 saturated heterocycles. The third kappa shape index (κ3) is 65.4. The zero-order valence-corrected chi connectivity index (χ0v) is 53.6. The highest BCUT2D eigenvalue weighted by molar-refractivity contribution is 5.76. The smallest absolute Gasteiger partial charge is 0.305 e. The first-order chi connectivity index (χ1) is 39.0. The fourth-order valence-corrected chi connectivity index (χ4v) is 11.5. The number of unbranched alkanes of at least 4 members (excludes halogenated alkanes) is 53. The number of amides is 1. The average Bonchev–Trinajstić information content (AvgIpc) is 3.45. The number of aliphatic hydroxyl groups is 2. The van der Waals surface area contributed by atoms with Crippen molar-refractivity contribution in [1.82, 2.24) is 5.32 Å². The van der Waals surface area contributed by atoms with Crippen LogP contribution in [-0.2, 0) is 14.3 Å². The van der Waals surface area contributed by atoms with E-state index in [0.717, 1.165) is 44.9 Å². The maximum Gasteiger partial charge on any atom is 0.305 e. The molecule has 2 atom stereocenters. The summed E-state index contributed by atoms with van der Waals surface area (Å²) in [4.78, 5) is 24.7. The van der Waals surface area contributed by atoms with Gasteiger partial charge in [0.15, 0.2) is 0 Å². The number of hydrogen-bond acceptors (Lipinski definition) is 5. The standard InChI is InChI=1S/C73H141NO5/c1-3-5-7-9-11-13-15-17-19-21-23-27-30-33-37-41-45-49-53-57-61-65-71(76)70(69-75)74-72(77)66-62-58-54-50-46-42-38-34-31-28-25-24-26-29-32-36-40-44-48-52-56-60-64-68-79-73(78)67-63-59-55-51-47-43-39-35-22-20-18-16-14-12-10-8-6-4-2/h20,22,28,31,70-71,75-76H,3-19,21,23-27,29-30,32-69H2,1-2H3,(H,74,77)/b22-20-,31-28-. The van der Waals surface area contributed by atoms with Gasteiger partial charge in [0.05, 0.1) is 25.4 Å². The van der Waals surface area contributed by atoms with E-state index in [1.165, 1.54) is 327 Å². The van der Waals surface area contributed by atoms with Crippen molar-refractivity contribution in [3.05, 3.63) is 24.3 Å². The SMILES string of the molecule is CCCCCCCCC/C=C\CCCCCCCCCC(=O)OCCCCCCCCCCCCCC/C=C\CCCCCCCCCC(=O)NC(CO)C(O)CCCCCCCCCCCCCCCCCCCCCCC. The van der Waals surface area contributed by atoms with Crippen LogP contribution in [0.25, 0.3) is 0 Å². The lowest BCUT2D eigenvalue weighted by atomic mass is 10.0. The Bertz CT molecular complexity index is 1230. The number of hydrogen-bond donors (Lipinski definition) is 3. The molecule has 0 aliphatic carbocycles. The van der Waals surface area contributed by atoms with E-state index in [0.29, 0.717) is 25.9 Å². The number of carbonyl (C=O) groups excluding carboxylic acids is 2. The van der Waals surface area contributed by atoms with Gasteiger partial charge in [-0.2, -0.15) is 0 Å². The van der Waals surface area contributed by atoms with Crippen LogP contribution < -0.4 is 5.32 Å². The van der Waals surface area contributed by atoms with E-state index in [2.05, 4.69) is 43.5 Å². The summed E-state index contributed by atoms with van der Waals surface area (Å²) in [5.74, 6) is -0.0273. The van der Waals surface area contributed by atoms with Gasteiger partial charge in [-0.15, -0.1) is 0 Å². The van der Waals surface area contributed by atoms with Crippen LogP contribution in [0.5, 0.6) is 0 Å². The monoisotopic (exact) mass is 1110 g/mol. The van der Waals surface area contributed by atoms with Gasteiger partial charge in [-0.3, -0.25) is 9.59 Å². The molecule has 0 spiro atoms. The molecule has 79 heavy (non-hydrogen) atoms. The fraction of sp³-hybridized carbons (Fsp3) is 0.918. The molecule has 0 aromatic carbocycles. The summed E-state index contributed by atoms with van der Waals surface area (Å²) >= 11 is 0. The molecule has 0 saturated carbocycles. The highest BCUT2D eigenvalue weighted by atomic mass is 16.5. The second-order valence-electron chi connectivity index (χ2n) is 24.9. The minimum absolute atomic E-state index is 0.00964. The number of esters is 1. The molecule has 0 rings (SSSR count). The van der Waals surface area contributed by atoms with Crippen molar-refractivity contribution in [2.75, 3.05) is 13.2 Å². The topological polar surface area (TPSA) is 95.9 Å². The van der Waals surface area contributed by atoms with Crippen LogP contribution in [0.15, 0.2) is 24.3 Å². The first-order valence-electron chi connectivity index (χ1n) is 36.1. The Morgan fingerprint density at radius 1 is 0.342 bits per heavy atom. The Balaban J connectivity index is 3.40. The van der Waals surface area contributed by atoms with E-state index in [1.807, 2.05) is 0 Å². The van der Waals surface area contributed by atoms with Crippen molar-refractivity contribution >= 4 is 11.9 Å². The molecule has 6 heteroatoms. The molecule has 0 fully saturated rings. The zero-order chi connectivity index (χ0) is 57.1. The summed E-state index contributed by atoms with van der Waals surface area (Å²) < 4.78 is 5.50. The molecule has 0 aliphatic heterocycles. The minimum atomic E-state index is -0.669. The summed E-state index contributed by atoms with van der Waals surface area (Å²) in [6.07, 6.45) is 86.5. The maximum absolute atomic E-state index is 12.5. The largest absolute Gasteiger partial charge is 0.466 e. The van der Waals surface area contributed by atoms with Crippen LogP contribution in [0.4, 0.5) is 0 Å². The van der Waals surface area contributed by atoms with Crippen molar-refractivity contribution in [1.29, 1.82) is 0 Å². The summed E-state index contributed by atoms with van der Waals surface area (Å²) in [6.45, 7) is 4.99. The Morgan fingerprint density at radius 3 is 0.899 bits per heavy atom. The fourth-order valence-electron chi connectivity index (χ4n) is 11.5. The van der Waals surface area contributed by atoms with Crippen molar-refractivity contribution in [2.45, 2.75) is 418 Å². The molecular formula is C73H141NO5. The first kappa shape index (κ1) is 77.3. The highest BCUT2D eigenvalue weighted by Gasteiger charge is 2.20. The maximum atomic E-state index is 12.5. The van der Waals surface area contributed by atoms with Crippen LogP contribution in [0.2, 0.25) is 0 Å². The predicted molar refractivity (Wildman–Crippen MR) is 347 cm³/mol. The van der Waals surface area contributed by atoms with Crippen molar-refractivity contribution in [3.8, 4) is 0 Å². The second kappa shape index (κ2) is 68.8. The first-order valence-corrected chi connectivity index (χ1v) is 36.1. The van der Waals surface area contributed by atoms with E-state index < -0.39 is 12.1 Å². The van der Waals surface area contributed by atoms with E-state index in [1.54, 1.807) is 0 Å².